The molecule has 29 heavy (non-hydrogen) atoms. The van der Waals surface area contributed by atoms with E-state index in [9.17, 15) is 9.90 Å². The van der Waals surface area contributed by atoms with Crippen molar-refractivity contribution in [3.05, 3.63) is 65.2 Å². The summed E-state index contributed by atoms with van der Waals surface area (Å²) in [6, 6.07) is 16.9. The summed E-state index contributed by atoms with van der Waals surface area (Å²) >= 11 is 0. The lowest BCUT2D eigenvalue weighted by atomic mass is 9.79. The molecule has 4 rings (SSSR count). The van der Waals surface area contributed by atoms with Gasteiger partial charge >= 0.3 is 6.09 Å². The van der Waals surface area contributed by atoms with Gasteiger partial charge < -0.3 is 10.4 Å². The summed E-state index contributed by atoms with van der Waals surface area (Å²) in [5.74, 6) is 0. The van der Waals surface area contributed by atoms with Gasteiger partial charge in [0.2, 0.25) is 0 Å². The van der Waals surface area contributed by atoms with E-state index in [2.05, 4.69) is 52.7 Å². The summed E-state index contributed by atoms with van der Waals surface area (Å²) < 4.78 is 0. The molecule has 0 aromatic heterocycles. The monoisotopic (exact) mass is 393 g/mol. The van der Waals surface area contributed by atoms with E-state index in [1.54, 1.807) is 4.90 Å². The van der Waals surface area contributed by atoms with Gasteiger partial charge in [0.25, 0.3) is 0 Å². The maximum absolute atomic E-state index is 11.9. The molecule has 2 aromatic carbocycles. The minimum absolute atomic E-state index is 0.0583. The third-order valence-corrected chi connectivity index (χ3v) is 6.35. The molecule has 1 amide bonds. The topological polar surface area (TPSA) is 55.8 Å². The number of likely N-dealkylation sites (tertiary alicyclic amines) is 1. The van der Waals surface area contributed by atoms with Crippen molar-refractivity contribution < 1.29 is 9.90 Å². The number of nitrogens with zero attached hydrogens (tertiary/aromatic N) is 2. The summed E-state index contributed by atoms with van der Waals surface area (Å²) in [7, 11) is 0. The van der Waals surface area contributed by atoms with Crippen molar-refractivity contribution in [1.82, 2.24) is 9.80 Å². The van der Waals surface area contributed by atoms with Crippen LogP contribution >= 0.6 is 0 Å². The second kappa shape index (κ2) is 7.38. The van der Waals surface area contributed by atoms with Gasteiger partial charge in [-0.15, -0.1) is 0 Å². The Balaban J connectivity index is 1.61. The molecule has 1 fully saturated rings. The molecule has 5 heteroatoms. The highest BCUT2D eigenvalue weighted by atomic mass is 16.4. The Kier molecular flexibility index (Phi) is 5.03. The van der Waals surface area contributed by atoms with Gasteiger partial charge in [-0.05, 0) is 56.5 Å². The fourth-order valence-corrected chi connectivity index (χ4v) is 4.90. The number of benzene rings is 2. The van der Waals surface area contributed by atoms with Crippen LogP contribution in [0.15, 0.2) is 48.5 Å². The molecule has 0 aliphatic carbocycles. The van der Waals surface area contributed by atoms with Gasteiger partial charge in [0.05, 0.1) is 0 Å². The van der Waals surface area contributed by atoms with Crippen LogP contribution in [-0.4, -0.2) is 46.2 Å². The zero-order chi connectivity index (χ0) is 20.6. The molecule has 0 radical (unpaired) electrons. The Labute approximate surface area is 173 Å². The smallest absolute Gasteiger partial charge is 0.408 e. The third-order valence-electron chi connectivity index (χ3n) is 6.35. The first-order valence-electron chi connectivity index (χ1n) is 10.4. The first-order chi connectivity index (χ1) is 13.8. The van der Waals surface area contributed by atoms with Crippen molar-refractivity contribution in [2.24, 2.45) is 0 Å². The maximum Gasteiger partial charge on any atom is 0.408 e. The minimum atomic E-state index is -0.868. The quantitative estimate of drug-likeness (QED) is 0.801. The second-order valence-corrected chi connectivity index (χ2v) is 9.46. The van der Waals surface area contributed by atoms with E-state index < -0.39 is 11.6 Å². The van der Waals surface area contributed by atoms with Gasteiger partial charge in [0.15, 0.2) is 0 Å². The van der Waals surface area contributed by atoms with Crippen LogP contribution in [0.25, 0.3) is 0 Å². The lowest BCUT2D eigenvalue weighted by molar-refractivity contribution is 0.0952. The molecule has 154 valence electrons. The molecular formula is C24H31N3O2. The Morgan fingerprint density at radius 3 is 2.62 bits per heavy atom. The number of rotatable bonds is 4. The zero-order valence-electron chi connectivity index (χ0n) is 17.6. The van der Waals surface area contributed by atoms with E-state index in [4.69, 9.17) is 0 Å². The number of nitrogens with one attached hydrogen (secondary N) is 1. The highest BCUT2D eigenvalue weighted by Gasteiger charge is 2.46. The van der Waals surface area contributed by atoms with Gasteiger partial charge in [-0.2, -0.15) is 0 Å². The number of carbonyl (C=O) groups is 1. The summed E-state index contributed by atoms with van der Waals surface area (Å²) in [5, 5.41) is 13.4. The zero-order valence-corrected chi connectivity index (χ0v) is 17.6. The number of hydrogen-bond donors (Lipinski definition) is 2. The van der Waals surface area contributed by atoms with Gasteiger partial charge in [0, 0.05) is 42.8 Å². The average Bonchev–Trinajstić information content (AvgIpc) is 3.24. The minimum Gasteiger partial charge on any atom is -0.465 e. The standard InChI is InChI=1S/C24H31N3O2/c1-23(2,3)27(22(28)29)15-19-10-7-11-20-21(19)24(16-25-20)12-13-26(17-24)14-18-8-5-4-6-9-18/h4-11,25H,12-17H2,1-3H3,(H,28,29). The van der Waals surface area contributed by atoms with Crippen LogP contribution in [0, 0.1) is 0 Å². The molecular weight excluding hydrogens is 362 g/mol. The third kappa shape index (κ3) is 3.84. The van der Waals surface area contributed by atoms with Crippen molar-refractivity contribution in [1.29, 1.82) is 0 Å². The highest BCUT2D eigenvalue weighted by Crippen LogP contribution is 2.45. The van der Waals surface area contributed by atoms with E-state index >= 15 is 0 Å². The molecule has 1 spiro atoms. The summed E-state index contributed by atoms with van der Waals surface area (Å²) in [6.45, 7) is 10.2. The second-order valence-electron chi connectivity index (χ2n) is 9.46. The Morgan fingerprint density at radius 1 is 1.17 bits per heavy atom. The number of amides is 1. The molecule has 1 unspecified atom stereocenters. The summed E-state index contributed by atoms with van der Waals surface area (Å²) in [4.78, 5) is 16.0. The van der Waals surface area contributed by atoms with Crippen LogP contribution in [0.1, 0.15) is 43.9 Å². The Bertz CT molecular complexity index is 891. The van der Waals surface area contributed by atoms with Crippen molar-refractivity contribution >= 4 is 11.8 Å². The molecule has 1 atom stereocenters. The molecule has 2 N–H and O–H groups in total. The number of anilines is 1. The average molecular weight is 394 g/mol. The molecule has 2 aliphatic heterocycles. The number of carboxylic acid groups (broad SMARTS) is 1. The van der Waals surface area contributed by atoms with E-state index in [1.807, 2.05) is 26.8 Å². The van der Waals surface area contributed by atoms with Gasteiger partial charge in [0.1, 0.15) is 0 Å². The van der Waals surface area contributed by atoms with E-state index in [1.165, 1.54) is 16.8 Å². The normalized spacial score (nSPS) is 21.2. The molecule has 2 heterocycles. The van der Waals surface area contributed by atoms with E-state index in [0.29, 0.717) is 6.54 Å². The van der Waals surface area contributed by atoms with Crippen molar-refractivity contribution in [3.8, 4) is 0 Å². The first kappa shape index (κ1) is 19.8. The van der Waals surface area contributed by atoms with Crippen LogP contribution < -0.4 is 5.32 Å². The van der Waals surface area contributed by atoms with Crippen molar-refractivity contribution in [3.63, 3.8) is 0 Å². The maximum atomic E-state index is 11.9. The van der Waals surface area contributed by atoms with Gasteiger partial charge in [-0.25, -0.2) is 4.79 Å². The van der Waals surface area contributed by atoms with E-state index in [-0.39, 0.29) is 5.41 Å². The Morgan fingerprint density at radius 2 is 1.93 bits per heavy atom. The molecule has 0 saturated carbocycles. The fourth-order valence-electron chi connectivity index (χ4n) is 4.90. The lowest BCUT2D eigenvalue weighted by Crippen LogP contribution is -2.44. The van der Waals surface area contributed by atoms with E-state index in [0.717, 1.165) is 38.2 Å². The molecule has 2 aliphatic rings. The molecule has 0 bridgehead atoms. The van der Waals surface area contributed by atoms with Crippen LogP contribution in [-0.2, 0) is 18.5 Å². The summed E-state index contributed by atoms with van der Waals surface area (Å²) in [6.07, 6.45) is 0.228. The predicted molar refractivity (Wildman–Crippen MR) is 116 cm³/mol. The SMILES string of the molecule is CC(C)(C)N(Cc1cccc2c1C1(CCN(Cc3ccccc3)C1)CN2)C(=O)O. The largest absolute Gasteiger partial charge is 0.465 e. The van der Waals surface area contributed by atoms with Crippen molar-refractivity contribution in [2.45, 2.75) is 51.2 Å². The lowest BCUT2D eigenvalue weighted by Gasteiger charge is -2.35. The molecule has 1 saturated heterocycles. The highest BCUT2D eigenvalue weighted by molar-refractivity contribution is 5.68. The Hall–Kier alpha value is -2.53. The molecule has 2 aromatic rings. The van der Waals surface area contributed by atoms with Crippen LogP contribution in [0.3, 0.4) is 0 Å². The number of hydrogen-bond acceptors (Lipinski definition) is 3. The molecule has 5 nitrogen and oxygen atoms in total. The first-order valence-corrected chi connectivity index (χ1v) is 10.4. The fraction of sp³-hybridized carbons (Fsp3) is 0.458. The van der Waals surface area contributed by atoms with Crippen LogP contribution in [0.2, 0.25) is 0 Å². The van der Waals surface area contributed by atoms with Crippen LogP contribution in [0.5, 0.6) is 0 Å². The predicted octanol–water partition coefficient (Wildman–Crippen LogP) is 4.53. The number of fused-ring (bicyclic) bond motifs is 2. The summed E-state index contributed by atoms with van der Waals surface area (Å²) in [5.41, 5.74) is 4.58. The van der Waals surface area contributed by atoms with Crippen LogP contribution in [0.4, 0.5) is 10.5 Å². The van der Waals surface area contributed by atoms with Gasteiger partial charge in [-0.1, -0.05) is 42.5 Å². The van der Waals surface area contributed by atoms with Gasteiger partial charge in [-0.3, -0.25) is 9.80 Å². The van der Waals surface area contributed by atoms with Crippen molar-refractivity contribution in [2.75, 3.05) is 25.0 Å².